The molecular weight excluding hydrogens is 350 g/mol. The monoisotopic (exact) mass is 371 g/mol. The average molecular weight is 372 g/mol. The van der Waals surface area contributed by atoms with Gasteiger partial charge in [-0.3, -0.25) is 9.78 Å². The van der Waals surface area contributed by atoms with Crippen LogP contribution in [0.15, 0.2) is 48.8 Å². The molecule has 6 heteroatoms. The van der Waals surface area contributed by atoms with Gasteiger partial charge in [-0.25, -0.2) is 0 Å². The summed E-state index contributed by atoms with van der Waals surface area (Å²) in [6, 6.07) is 12.2. The number of benzene rings is 1. The number of rotatable bonds is 3. The lowest BCUT2D eigenvalue weighted by Crippen LogP contribution is -2.48. The van der Waals surface area contributed by atoms with Crippen molar-refractivity contribution in [1.29, 1.82) is 0 Å². The van der Waals surface area contributed by atoms with Gasteiger partial charge < -0.3 is 10.2 Å². The molecule has 0 aliphatic carbocycles. The van der Waals surface area contributed by atoms with Gasteiger partial charge in [0.05, 0.1) is 10.6 Å². The van der Waals surface area contributed by atoms with E-state index in [1.807, 2.05) is 58.9 Å². The minimum absolute atomic E-state index is 0.0376. The Hall–Kier alpha value is -1.50. The molecule has 2 saturated heterocycles. The number of pyridine rings is 1. The molecule has 130 valence electrons. The van der Waals surface area contributed by atoms with Crippen molar-refractivity contribution in [3.05, 3.63) is 65.5 Å². The van der Waals surface area contributed by atoms with Crippen molar-refractivity contribution in [2.75, 3.05) is 31.1 Å². The van der Waals surface area contributed by atoms with Crippen molar-refractivity contribution >= 4 is 29.4 Å². The fourth-order valence-corrected chi connectivity index (χ4v) is 6.18. The second kappa shape index (κ2) is 7.81. The molecule has 1 aromatic heterocycles. The van der Waals surface area contributed by atoms with Crippen LogP contribution in [0.4, 0.5) is 0 Å². The molecule has 4 nitrogen and oxygen atoms in total. The zero-order valence-electron chi connectivity index (χ0n) is 13.9. The van der Waals surface area contributed by atoms with E-state index in [1.54, 1.807) is 6.20 Å². The highest BCUT2D eigenvalue weighted by atomic mass is 32.2. The van der Waals surface area contributed by atoms with Crippen molar-refractivity contribution in [2.24, 2.45) is 0 Å². The summed E-state index contributed by atoms with van der Waals surface area (Å²) < 4.78 is 0.520. The molecule has 0 spiro atoms. The minimum Gasteiger partial charge on any atom is -0.329 e. The van der Waals surface area contributed by atoms with Crippen LogP contribution < -0.4 is 5.32 Å². The quantitative estimate of drug-likeness (QED) is 0.896. The maximum absolute atomic E-state index is 13.1. The zero-order chi connectivity index (χ0) is 17.1. The van der Waals surface area contributed by atoms with Gasteiger partial charge >= 0.3 is 0 Å². The third kappa shape index (κ3) is 3.71. The standard InChI is InChI=1S/C19H21N3OS2/c23-18(14-3-5-15(6-4-14)19-24-10-11-25-19)22-9-8-21-13-17(22)16-2-1-7-20-12-16/h1-7,12,17,19,21H,8-11,13H2. The van der Waals surface area contributed by atoms with Crippen molar-refractivity contribution in [1.82, 2.24) is 15.2 Å². The van der Waals surface area contributed by atoms with Crippen LogP contribution in [-0.4, -0.2) is 46.9 Å². The highest BCUT2D eigenvalue weighted by Gasteiger charge is 2.29. The predicted octanol–water partition coefficient (Wildman–Crippen LogP) is 3.35. The maximum Gasteiger partial charge on any atom is 0.254 e. The molecule has 0 radical (unpaired) electrons. The Balaban J connectivity index is 1.54. The van der Waals surface area contributed by atoms with Crippen LogP contribution >= 0.6 is 23.5 Å². The van der Waals surface area contributed by atoms with Gasteiger partial charge in [0, 0.05) is 49.1 Å². The number of nitrogens with zero attached hydrogens (tertiary/aromatic N) is 2. The van der Waals surface area contributed by atoms with Crippen LogP contribution in [-0.2, 0) is 0 Å². The largest absolute Gasteiger partial charge is 0.329 e. The molecule has 2 aromatic rings. The first kappa shape index (κ1) is 16.9. The number of carbonyl (C=O) groups excluding carboxylic acids is 1. The van der Waals surface area contributed by atoms with Crippen LogP contribution in [0.3, 0.4) is 0 Å². The highest BCUT2D eigenvalue weighted by molar-refractivity contribution is 8.19. The van der Waals surface area contributed by atoms with E-state index in [9.17, 15) is 4.79 Å². The molecule has 0 bridgehead atoms. The van der Waals surface area contributed by atoms with Gasteiger partial charge in [-0.15, -0.1) is 23.5 Å². The SMILES string of the molecule is O=C(c1ccc(C2SCCS2)cc1)N1CCNCC1c1cccnc1. The second-order valence-electron chi connectivity index (χ2n) is 6.20. The summed E-state index contributed by atoms with van der Waals surface area (Å²) in [6.07, 6.45) is 3.62. The lowest BCUT2D eigenvalue weighted by Gasteiger charge is -2.36. The highest BCUT2D eigenvalue weighted by Crippen LogP contribution is 2.45. The van der Waals surface area contributed by atoms with Crippen LogP contribution in [0.1, 0.15) is 32.1 Å². The van der Waals surface area contributed by atoms with Crippen LogP contribution in [0.5, 0.6) is 0 Å². The van der Waals surface area contributed by atoms with Crippen molar-refractivity contribution in [3.8, 4) is 0 Å². The molecular formula is C19H21N3OS2. The molecule has 3 heterocycles. The molecule has 1 unspecified atom stereocenters. The first-order valence-electron chi connectivity index (χ1n) is 8.58. The Labute approximate surface area is 156 Å². The van der Waals surface area contributed by atoms with Crippen LogP contribution in [0, 0.1) is 0 Å². The van der Waals surface area contributed by atoms with Gasteiger partial charge in [0.25, 0.3) is 5.91 Å². The van der Waals surface area contributed by atoms with Gasteiger partial charge in [0.15, 0.2) is 0 Å². The lowest BCUT2D eigenvalue weighted by atomic mass is 10.0. The van der Waals surface area contributed by atoms with E-state index >= 15 is 0 Å². The van der Waals surface area contributed by atoms with Gasteiger partial charge in [-0.05, 0) is 29.3 Å². The molecule has 2 aliphatic heterocycles. The van der Waals surface area contributed by atoms with Crippen molar-refractivity contribution in [2.45, 2.75) is 10.6 Å². The Morgan fingerprint density at radius 1 is 1.12 bits per heavy atom. The number of aromatic nitrogens is 1. The Morgan fingerprint density at radius 3 is 2.64 bits per heavy atom. The number of nitrogens with one attached hydrogen (secondary N) is 1. The van der Waals surface area contributed by atoms with Crippen LogP contribution in [0.2, 0.25) is 0 Å². The fraction of sp³-hybridized carbons (Fsp3) is 0.368. The van der Waals surface area contributed by atoms with E-state index in [0.717, 1.165) is 24.2 Å². The zero-order valence-corrected chi connectivity index (χ0v) is 15.6. The Bertz CT molecular complexity index is 717. The molecule has 1 amide bonds. The molecule has 2 aliphatic rings. The molecule has 0 saturated carbocycles. The normalized spacial score (nSPS) is 21.4. The van der Waals surface area contributed by atoms with Gasteiger partial charge in [-0.1, -0.05) is 18.2 Å². The van der Waals surface area contributed by atoms with Gasteiger partial charge in [0.1, 0.15) is 0 Å². The first-order valence-corrected chi connectivity index (χ1v) is 10.7. The fourth-order valence-electron chi connectivity index (χ4n) is 3.32. The summed E-state index contributed by atoms with van der Waals surface area (Å²) in [5, 5.41) is 3.39. The Kier molecular flexibility index (Phi) is 5.29. The van der Waals surface area contributed by atoms with E-state index in [0.29, 0.717) is 11.1 Å². The van der Waals surface area contributed by atoms with E-state index in [-0.39, 0.29) is 11.9 Å². The molecule has 25 heavy (non-hydrogen) atoms. The number of hydrogen-bond donors (Lipinski definition) is 1. The topological polar surface area (TPSA) is 45.2 Å². The summed E-state index contributed by atoms with van der Waals surface area (Å²) >= 11 is 3.98. The van der Waals surface area contributed by atoms with E-state index in [4.69, 9.17) is 0 Å². The van der Waals surface area contributed by atoms with Gasteiger partial charge in [0.2, 0.25) is 0 Å². The maximum atomic E-state index is 13.1. The van der Waals surface area contributed by atoms with E-state index < -0.39 is 0 Å². The summed E-state index contributed by atoms with van der Waals surface area (Å²) in [4.78, 5) is 19.3. The number of piperazine rings is 1. The third-order valence-electron chi connectivity index (χ3n) is 4.63. The van der Waals surface area contributed by atoms with Crippen molar-refractivity contribution < 1.29 is 4.79 Å². The molecule has 4 rings (SSSR count). The second-order valence-corrected chi connectivity index (χ2v) is 8.92. The summed E-state index contributed by atoms with van der Waals surface area (Å²) in [5.41, 5.74) is 3.17. The molecule has 1 N–H and O–H groups in total. The number of thioether (sulfide) groups is 2. The predicted molar refractivity (Wildman–Crippen MR) is 105 cm³/mol. The molecule has 2 fully saturated rings. The molecule has 1 aromatic carbocycles. The average Bonchev–Trinajstić information content (AvgIpc) is 3.23. The summed E-state index contributed by atoms with van der Waals surface area (Å²) in [6.45, 7) is 2.31. The first-order chi connectivity index (χ1) is 12.3. The summed E-state index contributed by atoms with van der Waals surface area (Å²) in [5.74, 6) is 2.53. The number of carbonyl (C=O) groups is 1. The summed E-state index contributed by atoms with van der Waals surface area (Å²) in [7, 11) is 0. The lowest BCUT2D eigenvalue weighted by molar-refractivity contribution is 0.0634. The van der Waals surface area contributed by atoms with E-state index in [1.165, 1.54) is 17.1 Å². The smallest absolute Gasteiger partial charge is 0.254 e. The minimum atomic E-state index is 0.0376. The Morgan fingerprint density at radius 2 is 1.92 bits per heavy atom. The number of hydrogen-bond acceptors (Lipinski definition) is 5. The third-order valence-corrected chi connectivity index (χ3v) is 7.73. The number of amides is 1. The van der Waals surface area contributed by atoms with Gasteiger partial charge in [-0.2, -0.15) is 0 Å². The van der Waals surface area contributed by atoms with Crippen LogP contribution in [0.25, 0.3) is 0 Å². The van der Waals surface area contributed by atoms with E-state index in [2.05, 4.69) is 22.4 Å². The molecule has 1 atom stereocenters. The van der Waals surface area contributed by atoms with Crippen molar-refractivity contribution in [3.63, 3.8) is 0 Å².